The number of rotatable bonds is 10. The van der Waals surface area contributed by atoms with Gasteiger partial charge in [-0.1, -0.05) is 55.1 Å². The fraction of sp³-hybridized carbons (Fsp3) is 0.529. The SMILES string of the molecule is C=C[C@@H](CS(=O)(=O)c1ccc(C)cc1)[C@H](CCCCC)N=[N+]=[N-]. The fourth-order valence-corrected chi connectivity index (χ4v) is 4.07. The predicted octanol–water partition coefficient (Wildman–Crippen LogP) is 4.83. The fourth-order valence-electron chi connectivity index (χ4n) is 2.46. The topological polar surface area (TPSA) is 82.9 Å². The Balaban J connectivity index is 2.92. The van der Waals surface area contributed by atoms with Crippen LogP contribution < -0.4 is 0 Å². The summed E-state index contributed by atoms with van der Waals surface area (Å²) in [6.07, 6.45) is 5.28. The van der Waals surface area contributed by atoms with Crippen molar-refractivity contribution in [1.82, 2.24) is 0 Å². The number of unbranched alkanes of at least 4 members (excludes halogenated alkanes) is 2. The van der Waals surface area contributed by atoms with E-state index in [1.807, 2.05) is 6.92 Å². The molecule has 23 heavy (non-hydrogen) atoms. The monoisotopic (exact) mass is 335 g/mol. The minimum Gasteiger partial charge on any atom is -0.224 e. The molecule has 2 atom stereocenters. The molecule has 126 valence electrons. The minimum absolute atomic E-state index is 0.0879. The molecule has 0 saturated heterocycles. The van der Waals surface area contributed by atoms with E-state index < -0.39 is 9.84 Å². The molecule has 0 aliphatic rings. The maximum atomic E-state index is 12.6. The van der Waals surface area contributed by atoms with E-state index >= 15 is 0 Å². The van der Waals surface area contributed by atoms with Crippen LogP contribution in [0.5, 0.6) is 0 Å². The van der Waals surface area contributed by atoms with Crippen molar-refractivity contribution < 1.29 is 8.42 Å². The third-order valence-corrected chi connectivity index (χ3v) is 5.71. The highest BCUT2D eigenvalue weighted by Gasteiger charge is 2.25. The Hall–Kier alpha value is -1.78. The van der Waals surface area contributed by atoms with Gasteiger partial charge in [-0.05, 0) is 36.9 Å². The Morgan fingerprint density at radius 1 is 1.30 bits per heavy atom. The molecule has 0 heterocycles. The quantitative estimate of drug-likeness (QED) is 0.202. The van der Waals surface area contributed by atoms with Gasteiger partial charge >= 0.3 is 0 Å². The van der Waals surface area contributed by atoms with Crippen molar-refractivity contribution in [2.24, 2.45) is 11.0 Å². The van der Waals surface area contributed by atoms with Gasteiger partial charge in [0, 0.05) is 11.0 Å². The third kappa shape index (κ3) is 6.08. The summed E-state index contributed by atoms with van der Waals surface area (Å²) in [5.41, 5.74) is 9.77. The summed E-state index contributed by atoms with van der Waals surface area (Å²) in [6, 6.07) is 6.42. The molecule has 0 radical (unpaired) electrons. The van der Waals surface area contributed by atoms with E-state index in [1.165, 1.54) is 0 Å². The van der Waals surface area contributed by atoms with Gasteiger partial charge in [0.05, 0.1) is 10.6 Å². The Labute approximate surface area is 139 Å². The van der Waals surface area contributed by atoms with Crippen LogP contribution >= 0.6 is 0 Å². The van der Waals surface area contributed by atoms with Crippen LogP contribution in [0.4, 0.5) is 0 Å². The lowest BCUT2D eigenvalue weighted by Crippen LogP contribution is -2.25. The lowest BCUT2D eigenvalue weighted by Gasteiger charge is -2.20. The summed E-state index contributed by atoms with van der Waals surface area (Å²) in [5.74, 6) is -0.468. The highest BCUT2D eigenvalue weighted by Crippen LogP contribution is 2.22. The van der Waals surface area contributed by atoms with Crippen LogP contribution in [-0.4, -0.2) is 20.2 Å². The summed E-state index contributed by atoms with van der Waals surface area (Å²) in [6.45, 7) is 7.74. The summed E-state index contributed by atoms with van der Waals surface area (Å²) < 4.78 is 25.1. The zero-order valence-electron chi connectivity index (χ0n) is 13.9. The molecule has 0 aliphatic carbocycles. The Morgan fingerprint density at radius 2 is 1.96 bits per heavy atom. The molecule has 0 aliphatic heterocycles. The summed E-state index contributed by atoms with van der Waals surface area (Å²) in [7, 11) is -3.44. The van der Waals surface area contributed by atoms with Crippen LogP contribution in [0.3, 0.4) is 0 Å². The molecule has 0 N–H and O–H groups in total. The average molecular weight is 335 g/mol. The van der Waals surface area contributed by atoms with Crippen molar-refractivity contribution in [3.8, 4) is 0 Å². The van der Waals surface area contributed by atoms with Gasteiger partial charge in [-0.25, -0.2) is 8.42 Å². The van der Waals surface area contributed by atoms with Gasteiger partial charge in [0.2, 0.25) is 0 Å². The Kier molecular flexibility index (Phi) is 7.86. The number of azide groups is 1. The second kappa shape index (κ2) is 9.38. The molecule has 0 amide bonds. The Morgan fingerprint density at radius 3 is 2.48 bits per heavy atom. The van der Waals surface area contributed by atoms with E-state index in [2.05, 4.69) is 23.5 Å². The molecule has 1 aromatic rings. The van der Waals surface area contributed by atoms with Gasteiger partial charge in [0.25, 0.3) is 0 Å². The zero-order chi connectivity index (χ0) is 17.3. The maximum Gasteiger partial charge on any atom is 0.178 e. The molecule has 5 nitrogen and oxygen atoms in total. The molecule has 1 rings (SSSR count). The van der Waals surface area contributed by atoms with Gasteiger partial charge < -0.3 is 0 Å². The molecule has 0 fully saturated rings. The smallest absolute Gasteiger partial charge is 0.178 e. The van der Waals surface area contributed by atoms with Crippen LogP contribution in [0.2, 0.25) is 0 Å². The first-order valence-electron chi connectivity index (χ1n) is 7.90. The van der Waals surface area contributed by atoms with E-state index in [0.717, 1.165) is 24.8 Å². The molecule has 0 saturated carbocycles. The lowest BCUT2D eigenvalue weighted by atomic mass is 9.97. The second-order valence-corrected chi connectivity index (χ2v) is 7.80. The number of hydrogen-bond donors (Lipinski definition) is 0. The van der Waals surface area contributed by atoms with Gasteiger partial charge in [-0.2, -0.15) is 0 Å². The molecular weight excluding hydrogens is 310 g/mol. The third-order valence-electron chi connectivity index (χ3n) is 3.89. The largest absolute Gasteiger partial charge is 0.224 e. The van der Waals surface area contributed by atoms with Crippen molar-refractivity contribution in [2.75, 3.05) is 5.75 Å². The van der Waals surface area contributed by atoms with Gasteiger partial charge in [-0.3, -0.25) is 0 Å². The summed E-state index contributed by atoms with van der Waals surface area (Å²) in [4.78, 5) is 3.17. The molecule has 0 unspecified atom stereocenters. The second-order valence-electron chi connectivity index (χ2n) is 5.76. The van der Waals surface area contributed by atoms with Gasteiger partial charge in [-0.15, -0.1) is 6.58 Å². The molecule has 0 bridgehead atoms. The first kappa shape index (κ1) is 19.3. The van der Waals surface area contributed by atoms with E-state index in [4.69, 9.17) is 5.53 Å². The highest BCUT2D eigenvalue weighted by molar-refractivity contribution is 7.91. The van der Waals surface area contributed by atoms with Gasteiger partial charge in [0.1, 0.15) is 0 Å². The van der Waals surface area contributed by atoms with Crippen LogP contribution in [0, 0.1) is 12.8 Å². The zero-order valence-corrected chi connectivity index (χ0v) is 14.7. The molecule has 1 aromatic carbocycles. The van der Waals surface area contributed by atoms with Crippen molar-refractivity contribution in [3.05, 3.63) is 52.9 Å². The first-order valence-corrected chi connectivity index (χ1v) is 9.56. The average Bonchev–Trinajstić information content (AvgIpc) is 2.52. The summed E-state index contributed by atoms with van der Waals surface area (Å²) in [5, 5.41) is 3.80. The van der Waals surface area contributed by atoms with Crippen LogP contribution in [0.15, 0.2) is 46.9 Å². The van der Waals surface area contributed by atoms with Crippen molar-refractivity contribution >= 4 is 9.84 Å². The highest BCUT2D eigenvalue weighted by atomic mass is 32.2. The van der Waals surface area contributed by atoms with E-state index in [-0.39, 0.29) is 17.7 Å². The number of aryl methyl sites for hydroxylation is 1. The standard InChI is InChI=1S/C17H25N3O2S/c1-4-6-7-8-17(19-20-18)15(5-2)13-23(21,22)16-11-9-14(3)10-12-16/h5,9-12,15,17H,2,4,6-8,13H2,1,3H3/t15-,17-/m0/s1. The van der Waals surface area contributed by atoms with Crippen molar-refractivity contribution in [3.63, 3.8) is 0 Å². The van der Waals surface area contributed by atoms with Crippen molar-refractivity contribution in [2.45, 2.75) is 50.5 Å². The van der Waals surface area contributed by atoms with Crippen LogP contribution in [0.1, 0.15) is 38.2 Å². The molecule has 0 aromatic heterocycles. The lowest BCUT2D eigenvalue weighted by molar-refractivity contribution is 0.472. The van der Waals surface area contributed by atoms with Crippen molar-refractivity contribution in [1.29, 1.82) is 0 Å². The molecule has 6 heteroatoms. The maximum absolute atomic E-state index is 12.6. The number of nitrogens with zero attached hydrogens (tertiary/aromatic N) is 3. The molecular formula is C17H25N3O2S. The number of benzene rings is 1. The first-order chi connectivity index (χ1) is 10.9. The van der Waals surface area contributed by atoms with Gasteiger partial charge in [0.15, 0.2) is 9.84 Å². The van der Waals surface area contributed by atoms with E-state index in [1.54, 1.807) is 30.3 Å². The number of hydrogen-bond acceptors (Lipinski definition) is 3. The van der Waals surface area contributed by atoms with Crippen LogP contribution in [0.25, 0.3) is 10.4 Å². The van der Waals surface area contributed by atoms with E-state index in [0.29, 0.717) is 11.3 Å². The normalized spacial score (nSPS) is 13.8. The van der Waals surface area contributed by atoms with E-state index in [9.17, 15) is 8.42 Å². The predicted molar refractivity (Wildman–Crippen MR) is 94.0 cm³/mol. The van der Waals surface area contributed by atoms with Crippen LogP contribution in [-0.2, 0) is 9.84 Å². The number of sulfone groups is 1. The minimum atomic E-state index is -3.44. The summed E-state index contributed by atoms with van der Waals surface area (Å²) >= 11 is 0. The Bertz CT molecular complexity index is 647. The molecule has 0 spiro atoms.